The quantitative estimate of drug-likeness (QED) is 0.164. The van der Waals surface area contributed by atoms with Crippen molar-refractivity contribution in [3.8, 4) is 0 Å². The number of benzene rings is 4. The molecule has 0 aromatic heterocycles. The van der Waals surface area contributed by atoms with Crippen LogP contribution in [-0.4, -0.2) is 29.4 Å². The van der Waals surface area contributed by atoms with Crippen molar-refractivity contribution in [3.63, 3.8) is 0 Å². The summed E-state index contributed by atoms with van der Waals surface area (Å²) in [6.45, 7) is 0. The first kappa shape index (κ1) is 36.7. The molecule has 35 heavy (non-hydrogen) atoms. The smallest absolute Gasteiger partial charge is 0.303 e. The van der Waals surface area contributed by atoms with Crippen molar-refractivity contribution in [1.29, 1.82) is 0 Å². The highest BCUT2D eigenvalue weighted by atomic mass is 31.2. The van der Waals surface area contributed by atoms with Crippen LogP contribution in [-0.2, 0) is 9.13 Å². The highest BCUT2D eigenvalue weighted by Gasteiger charge is 2.00. The molecule has 8 nitrogen and oxygen atoms in total. The Hall–Kier alpha value is -2.90. The molecule has 0 fully saturated rings. The average molecular weight is 524 g/mol. The van der Waals surface area contributed by atoms with Gasteiger partial charge in [0.15, 0.2) is 0 Å². The Morgan fingerprint density at radius 2 is 0.286 bits per heavy atom. The summed E-state index contributed by atoms with van der Waals surface area (Å²) in [6, 6.07) is 48.0. The summed E-state index contributed by atoms with van der Waals surface area (Å²) in [5.74, 6) is 0. The largest absolute Gasteiger partial charge is 0.466 e. The van der Waals surface area contributed by atoms with Crippen LogP contribution in [0, 0.1) is 0 Å². The minimum atomic E-state index is -4.64. The predicted octanol–water partition coefficient (Wildman–Crippen LogP) is 5.53. The second kappa shape index (κ2) is 25.7. The Labute approximate surface area is 207 Å². The van der Waals surface area contributed by atoms with Crippen molar-refractivity contribution >= 4 is 15.6 Å². The third kappa shape index (κ3) is 59.2. The van der Waals surface area contributed by atoms with Gasteiger partial charge in [-0.1, -0.05) is 153 Å². The lowest BCUT2D eigenvalue weighted by atomic mass is 10.4. The molecule has 10 heteroatoms. The molecule has 0 saturated heterocycles. The van der Waals surface area contributed by atoms with Gasteiger partial charge in [-0.2, -0.15) is 0 Å². The van der Waals surface area contributed by atoms with Gasteiger partial charge in [0.05, 0.1) is 0 Å². The zero-order valence-electron chi connectivity index (χ0n) is 18.3. The number of phosphoric acid groups is 2. The van der Waals surface area contributed by atoms with Crippen LogP contribution < -0.4 is 0 Å². The first-order valence-electron chi connectivity index (χ1n) is 9.57. The van der Waals surface area contributed by atoms with Crippen molar-refractivity contribution in [2.24, 2.45) is 0 Å². The van der Waals surface area contributed by atoms with Gasteiger partial charge in [0.1, 0.15) is 0 Å². The van der Waals surface area contributed by atoms with Gasteiger partial charge in [-0.3, -0.25) is 0 Å². The molecule has 0 radical (unpaired) electrons. The molecule has 6 N–H and O–H groups in total. The Morgan fingerprint density at radius 1 is 0.257 bits per heavy atom. The monoisotopic (exact) mass is 524 g/mol. The lowest BCUT2D eigenvalue weighted by Crippen LogP contribution is -1.66. The highest BCUT2D eigenvalue weighted by molar-refractivity contribution is 7.45. The van der Waals surface area contributed by atoms with Gasteiger partial charge in [0.25, 0.3) is 0 Å². The van der Waals surface area contributed by atoms with E-state index in [1.807, 2.05) is 146 Å². The first-order valence-corrected chi connectivity index (χ1v) is 12.7. The SMILES string of the molecule is C.O=P(O)(O)O.O=P(O)(O)O.c1ccccc1.c1ccccc1.c1ccccc1.c1ccccc1. The zero-order chi connectivity index (χ0) is 26.0. The van der Waals surface area contributed by atoms with Crippen LogP contribution in [0.4, 0.5) is 0 Å². The molecule has 0 unspecified atom stereocenters. The van der Waals surface area contributed by atoms with Gasteiger partial charge in [-0.15, -0.1) is 0 Å². The fourth-order valence-electron chi connectivity index (χ4n) is 1.54. The number of hydrogen-bond donors (Lipinski definition) is 6. The van der Waals surface area contributed by atoms with Gasteiger partial charge in [-0.05, 0) is 0 Å². The summed E-state index contributed by atoms with van der Waals surface area (Å²) in [5, 5.41) is 0. The highest BCUT2D eigenvalue weighted by Crippen LogP contribution is 2.26. The van der Waals surface area contributed by atoms with Crippen LogP contribution in [0.5, 0.6) is 0 Å². The van der Waals surface area contributed by atoms with Crippen molar-refractivity contribution in [3.05, 3.63) is 146 Å². The van der Waals surface area contributed by atoms with E-state index in [-0.39, 0.29) is 7.43 Å². The van der Waals surface area contributed by atoms with E-state index in [1.54, 1.807) is 0 Å². The van der Waals surface area contributed by atoms with Gasteiger partial charge >= 0.3 is 15.6 Å². The summed E-state index contributed by atoms with van der Waals surface area (Å²) < 4.78 is 17.8. The molecular formula is C25H34O8P2. The fourth-order valence-corrected chi connectivity index (χ4v) is 1.54. The Bertz CT molecular complexity index is 696. The van der Waals surface area contributed by atoms with Gasteiger partial charge in [0, 0.05) is 0 Å². The maximum Gasteiger partial charge on any atom is 0.466 e. The van der Waals surface area contributed by atoms with Gasteiger partial charge in [-0.25, -0.2) is 9.13 Å². The van der Waals surface area contributed by atoms with E-state index in [0.717, 1.165) is 0 Å². The summed E-state index contributed by atoms with van der Waals surface area (Å²) in [7, 11) is -9.28. The summed E-state index contributed by atoms with van der Waals surface area (Å²) in [6.07, 6.45) is 0. The Kier molecular flexibility index (Phi) is 26.9. The minimum absolute atomic E-state index is 0. The lowest BCUT2D eigenvalue weighted by Gasteiger charge is -1.82. The summed E-state index contributed by atoms with van der Waals surface area (Å²) in [5.41, 5.74) is 0. The molecule has 0 amide bonds. The van der Waals surface area contributed by atoms with Crippen LogP contribution in [0.15, 0.2) is 146 Å². The number of rotatable bonds is 0. The van der Waals surface area contributed by atoms with Crippen LogP contribution in [0.1, 0.15) is 7.43 Å². The molecule has 0 bridgehead atoms. The van der Waals surface area contributed by atoms with Crippen LogP contribution in [0.25, 0.3) is 0 Å². The van der Waals surface area contributed by atoms with E-state index in [4.69, 9.17) is 38.5 Å². The first-order chi connectivity index (χ1) is 16.0. The molecule has 0 saturated carbocycles. The Morgan fingerprint density at radius 3 is 0.314 bits per heavy atom. The third-order valence-electron chi connectivity index (χ3n) is 2.67. The van der Waals surface area contributed by atoms with E-state index in [0.29, 0.717) is 0 Å². The molecule has 0 heterocycles. The number of hydrogen-bond acceptors (Lipinski definition) is 2. The zero-order valence-corrected chi connectivity index (χ0v) is 20.0. The van der Waals surface area contributed by atoms with Crippen LogP contribution in [0.2, 0.25) is 0 Å². The maximum atomic E-state index is 8.88. The molecule has 0 atom stereocenters. The molecule has 4 rings (SSSR count). The van der Waals surface area contributed by atoms with Crippen molar-refractivity contribution in [2.75, 3.05) is 0 Å². The average Bonchev–Trinajstić information content (AvgIpc) is 2.83. The van der Waals surface area contributed by atoms with Gasteiger partial charge in [0.2, 0.25) is 0 Å². The van der Waals surface area contributed by atoms with E-state index >= 15 is 0 Å². The minimum Gasteiger partial charge on any atom is -0.303 e. The van der Waals surface area contributed by atoms with Gasteiger partial charge < -0.3 is 29.4 Å². The molecule has 0 spiro atoms. The molecule has 0 aliphatic heterocycles. The fraction of sp³-hybridized carbons (Fsp3) is 0.0400. The van der Waals surface area contributed by atoms with E-state index in [1.165, 1.54) is 0 Å². The van der Waals surface area contributed by atoms with E-state index in [9.17, 15) is 0 Å². The second-order valence-corrected chi connectivity index (χ2v) is 7.70. The molecule has 4 aromatic carbocycles. The van der Waals surface area contributed by atoms with Crippen LogP contribution >= 0.6 is 15.6 Å². The van der Waals surface area contributed by atoms with Crippen LogP contribution in [0.3, 0.4) is 0 Å². The normalized spacial score (nSPS) is 8.86. The summed E-state index contributed by atoms with van der Waals surface area (Å²) >= 11 is 0. The van der Waals surface area contributed by atoms with Crippen molar-refractivity contribution in [2.45, 2.75) is 7.43 Å². The molecular weight excluding hydrogens is 490 g/mol. The molecule has 0 aliphatic rings. The maximum absolute atomic E-state index is 8.88. The Balaban J connectivity index is -0.000000350. The van der Waals surface area contributed by atoms with E-state index < -0.39 is 15.6 Å². The van der Waals surface area contributed by atoms with Crippen molar-refractivity contribution in [1.82, 2.24) is 0 Å². The third-order valence-corrected chi connectivity index (χ3v) is 2.67. The lowest BCUT2D eigenvalue weighted by molar-refractivity contribution is 0.272. The summed E-state index contributed by atoms with van der Waals surface area (Å²) in [4.78, 5) is 43.1. The molecule has 0 aliphatic carbocycles. The standard InChI is InChI=1S/4C6H6.CH4.2H3O4P/c4*1-2-4-6-5-3-1;;2*1-5(2,3)4/h4*1-6H;1H4;2*(H3,1,2,3,4). The van der Waals surface area contributed by atoms with Crippen molar-refractivity contribution < 1.29 is 38.5 Å². The molecule has 192 valence electrons. The van der Waals surface area contributed by atoms with E-state index in [2.05, 4.69) is 0 Å². The molecule has 4 aromatic rings. The topological polar surface area (TPSA) is 156 Å². The predicted molar refractivity (Wildman–Crippen MR) is 141 cm³/mol. The second-order valence-electron chi connectivity index (χ2n) is 5.65.